The second-order valence-corrected chi connectivity index (χ2v) is 21.3. The van der Waals surface area contributed by atoms with Gasteiger partial charge in [-0.05, 0) is 124 Å². The number of nitrogens with one attached hydrogen (secondary N) is 1. The number of rotatable bonds is 25. The van der Waals surface area contributed by atoms with Crippen molar-refractivity contribution in [3.63, 3.8) is 0 Å². The second-order valence-electron chi connectivity index (χ2n) is 19.2. The van der Waals surface area contributed by atoms with Gasteiger partial charge in [0, 0.05) is 39.9 Å². The minimum atomic E-state index is -4.70. The Morgan fingerprint density at radius 3 is 2.36 bits per heavy atom. The van der Waals surface area contributed by atoms with Crippen LogP contribution in [0.1, 0.15) is 159 Å². The number of hydrogen-bond donors (Lipinski definition) is 5. The Morgan fingerprint density at radius 1 is 0.950 bits per heavy atom. The fraction of sp³-hybridized carbons (Fsp3) is 0.344. The second kappa shape index (κ2) is 30.5. The Hall–Kier alpha value is -6.28. The van der Waals surface area contributed by atoms with Gasteiger partial charge in [-0.15, -0.1) is 23.1 Å². The zero-order chi connectivity index (χ0) is 57.3. The summed E-state index contributed by atoms with van der Waals surface area (Å²) < 4.78 is 52.8. The molecule has 0 spiro atoms. The zero-order valence-corrected chi connectivity index (χ0v) is 49.0. The summed E-state index contributed by atoms with van der Waals surface area (Å²) in [5.41, 5.74) is 0.842. The molecule has 6 aromatic rings. The van der Waals surface area contributed by atoms with E-state index in [0.717, 1.165) is 47.3 Å². The molecule has 80 heavy (non-hydrogen) atoms. The number of fused-ring (bicyclic) bond motifs is 1. The first-order chi connectivity index (χ1) is 37.8. The number of benzene rings is 4. The Labute approximate surface area is 494 Å². The Morgan fingerprint density at radius 2 is 1.70 bits per heavy atom. The van der Waals surface area contributed by atoms with Crippen molar-refractivity contribution in [2.45, 2.75) is 127 Å². The Kier molecular flexibility index (Phi) is 24.6. The smallest absolute Gasteiger partial charge is 1.00 e. The maximum Gasteiger partial charge on any atom is 1.00 e. The van der Waals surface area contributed by atoms with Crippen LogP contribution in [0.25, 0.3) is 23.1 Å². The van der Waals surface area contributed by atoms with Crippen LogP contribution in [0.2, 0.25) is 0 Å². The predicted octanol–water partition coefficient (Wildman–Crippen LogP) is 11.8. The van der Waals surface area contributed by atoms with Crippen molar-refractivity contribution < 1.29 is 92.9 Å². The van der Waals surface area contributed by atoms with E-state index in [4.69, 9.17) is 14.1 Å². The topological polar surface area (TPSA) is 214 Å². The molecule has 1 aliphatic carbocycles. The molecule has 0 bridgehead atoms. The summed E-state index contributed by atoms with van der Waals surface area (Å²) in [6.07, 6.45) is 12.6. The van der Waals surface area contributed by atoms with E-state index in [9.17, 15) is 57.6 Å². The van der Waals surface area contributed by atoms with Gasteiger partial charge in [0.25, 0.3) is 0 Å². The number of nitrogens with zero attached hydrogens (tertiary/aromatic N) is 1. The minimum Gasteiger partial charge on any atom is -1.00 e. The van der Waals surface area contributed by atoms with Gasteiger partial charge in [-0.25, -0.2) is 9.78 Å². The molecule has 1 aliphatic rings. The summed E-state index contributed by atoms with van der Waals surface area (Å²) in [6, 6.07) is 20.8. The average Bonchev–Trinajstić information content (AvgIpc) is 3.94. The molecule has 1 amide bonds. The summed E-state index contributed by atoms with van der Waals surface area (Å²) in [7, 11) is 0. The van der Waals surface area contributed by atoms with Crippen LogP contribution in [0.3, 0.4) is 0 Å². The van der Waals surface area contributed by atoms with Gasteiger partial charge in [0.15, 0.2) is 11.2 Å². The van der Waals surface area contributed by atoms with Crippen LogP contribution in [0.15, 0.2) is 129 Å². The third-order valence-electron chi connectivity index (χ3n) is 13.7. The molecule has 1 fully saturated rings. The number of aliphatic hydroxyl groups excluding tert-OH is 1. The van der Waals surface area contributed by atoms with Gasteiger partial charge < -0.3 is 36.3 Å². The number of thiazole rings is 1. The number of carbonyl (C=O) groups excluding carboxylic acids is 2. The number of carboxylic acid groups (broad SMARTS) is 2. The van der Waals surface area contributed by atoms with Gasteiger partial charge in [-0.2, -0.15) is 13.2 Å². The molecule has 0 unspecified atom stereocenters. The average molecular weight is 1150 g/mol. The number of anilines is 1. The number of carbonyl (C=O) groups is 4. The van der Waals surface area contributed by atoms with E-state index in [0.29, 0.717) is 66.5 Å². The number of hydrogen-bond acceptors (Lipinski definition) is 12. The largest absolute Gasteiger partial charge is 1.00 e. The van der Waals surface area contributed by atoms with Crippen molar-refractivity contribution in [3.8, 4) is 11.5 Å². The molecular weight excluding hydrogens is 1080 g/mol. The number of phenols is 1. The summed E-state index contributed by atoms with van der Waals surface area (Å²) in [4.78, 5) is 64.7. The van der Waals surface area contributed by atoms with Gasteiger partial charge in [-0.1, -0.05) is 94.3 Å². The van der Waals surface area contributed by atoms with E-state index >= 15 is 0 Å². The number of halogens is 3. The molecule has 7 rings (SSSR count). The molecule has 13 nitrogen and oxygen atoms in total. The summed E-state index contributed by atoms with van der Waals surface area (Å²) >= 11 is 2.68. The van der Waals surface area contributed by atoms with E-state index in [1.807, 2.05) is 63.3 Å². The van der Waals surface area contributed by atoms with Crippen molar-refractivity contribution >= 4 is 75.5 Å². The van der Waals surface area contributed by atoms with Crippen LogP contribution < -0.4 is 45.0 Å². The molecule has 2 atom stereocenters. The fourth-order valence-corrected chi connectivity index (χ4v) is 10.7. The van der Waals surface area contributed by atoms with Crippen LogP contribution in [-0.2, 0) is 22.2 Å². The van der Waals surface area contributed by atoms with Gasteiger partial charge in [0.05, 0.1) is 45.6 Å². The van der Waals surface area contributed by atoms with Crippen LogP contribution >= 0.6 is 23.1 Å². The van der Waals surface area contributed by atoms with Crippen molar-refractivity contribution in [3.05, 3.63) is 169 Å². The number of aliphatic hydroxyl groups is 1. The quantitative estimate of drug-likeness (QED) is 0.0119. The normalized spacial score (nSPS) is 13.6. The maximum absolute atomic E-state index is 13.8. The van der Waals surface area contributed by atoms with Gasteiger partial charge >= 0.3 is 47.7 Å². The van der Waals surface area contributed by atoms with Crippen molar-refractivity contribution in [2.75, 3.05) is 11.9 Å². The third-order valence-corrected chi connectivity index (χ3v) is 15.8. The van der Waals surface area contributed by atoms with Crippen LogP contribution in [-0.4, -0.2) is 60.9 Å². The number of aromatic hydroxyl groups is 1. The molecule has 0 saturated heterocycles. The number of aromatic carboxylic acids is 1. The number of amides is 1. The SMILES string of the molecule is CCC(CC)(CC(=O)Nc1cccc(/C=C/c2nc(C3CCC3)cs2)c1)C(=O)O.CCCc1c(OCCCC/C=C\C=C\[C@H](Sc2ccc3c(=O)cc(C(=O)O)oc3c2)[C@H](O)c2ccccc2C(F)(F)F)ccc(C(C)=O)c1O.[H-].[Na+]. The molecule has 1 saturated carbocycles. The number of alkyl halides is 3. The fourth-order valence-electron chi connectivity index (χ4n) is 8.84. The van der Waals surface area contributed by atoms with E-state index < -0.39 is 51.6 Å². The zero-order valence-electron chi connectivity index (χ0n) is 46.4. The number of unbranched alkanes of at least 4 members (excludes halogenated alkanes) is 2. The molecule has 5 N–H and O–H groups in total. The maximum atomic E-state index is 13.8. The van der Waals surface area contributed by atoms with E-state index in [2.05, 4.69) is 10.7 Å². The number of phenolic OH excluding ortho intramolecular Hbond substituents is 1. The Bertz CT molecular complexity index is 3260. The molecule has 0 radical (unpaired) electrons. The standard InChI is InChI=1S/C38H37F3O8S.C23H28N2O3S.Na.H/c1-3-12-28-31(19-18-25(23(2)42)35(28)44)48-20-11-7-5-4-6-8-15-34(36(45)26-13-9-10-14-29(26)38(39,40)41)50-24-16-17-27-30(43)22-33(37(46)47)49-32(27)21-24;1-3-23(4-2,22(27)28)14-20(26)24-18-10-5-7-16(13-18)11-12-21-25-19(15-29-21)17-8-6-9-17;;/h4,6,8-10,13-19,21-22,34,36,44-45H,3,5,7,11-12,20H2,1-2H3,(H,46,47);5,7,10-13,15,17H,3-4,6,8-9,14H2,1-2H3,(H,24,26)(H,27,28);;/q;;+1;-1/b6-4-,15-8+;12-11+;;/t34-,36+;;;/m0.../s1. The summed E-state index contributed by atoms with van der Waals surface area (Å²) in [5.74, 6) is -2.27. The van der Waals surface area contributed by atoms with Crippen LogP contribution in [0, 0.1) is 5.41 Å². The monoisotopic (exact) mass is 1150 g/mol. The van der Waals surface area contributed by atoms with E-state index in [-0.39, 0.29) is 76.9 Å². The number of allylic oxidation sites excluding steroid dienone is 3. The number of aromatic nitrogens is 1. The molecule has 420 valence electrons. The minimum absolute atomic E-state index is 0. The third kappa shape index (κ3) is 17.6. The van der Waals surface area contributed by atoms with E-state index in [1.165, 1.54) is 62.2 Å². The summed E-state index contributed by atoms with van der Waals surface area (Å²) in [6.45, 7) is 7.38. The van der Waals surface area contributed by atoms with Gasteiger partial charge in [0.2, 0.25) is 11.7 Å². The molecule has 4 aromatic carbocycles. The first-order valence-corrected chi connectivity index (χ1v) is 27.9. The number of aliphatic carboxylic acids is 1. The molecule has 19 heteroatoms. The first kappa shape index (κ1) is 64.5. The summed E-state index contributed by atoms with van der Waals surface area (Å²) in [5, 5.41) is 45.8. The molecule has 2 aromatic heterocycles. The van der Waals surface area contributed by atoms with Crippen LogP contribution in [0.4, 0.5) is 18.9 Å². The number of thioether (sulfide) groups is 1. The predicted molar refractivity (Wildman–Crippen MR) is 304 cm³/mol. The molecule has 0 aliphatic heterocycles. The molecular formula is C61H66F3N2NaO11S2. The number of carboxylic acids is 2. The van der Waals surface area contributed by atoms with E-state index in [1.54, 1.807) is 47.8 Å². The molecule has 2 heterocycles. The first-order valence-electron chi connectivity index (χ1n) is 26.2. The van der Waals surface area contributed by atoms with Gasteiger partial charge in [-0.3, -0.25) is 19.2 Å². The van der Waals surface area contributed by atoms with Crippen molar-refractivity contribution in [1.29, 1.82) is 0 Å². The number of ketones is 1. The van der Waals surface area contributed by atoms with Crippen LogP contribution in [0.5, 0.6) is 11.5 Å². The van der Waals surface area contributed by atoms with Crippen molar-refractivity contribution in [2.24, 2.45) is 5.41 Å². The van der Waals surface area contributed by atoms with Gasteiger partial charge in [0.1, 0.15) is 22.1 Å². The van der Waals surface area contributed by atoms with Crippen molar-refractivity contribution in [1.82, 2.24) is 4.98 Å². The Balaban J connectivity index is 0.000000387. The number of Topliss-reactive ketones (excluding diaryl/α,β-unsaturated/α-hetero) is 1. The number of ether oxygens (including phenoxy) is 1.